The van der Waals surface area contributed by atoms with Crippen molar-refractivity contribution in [3.8, 4) is 0 Å². The van der Waals surface area contributed by atoms with Gasteiger partial charge in [-0.1, -0.05) is 18.2 Å². The van der Waals surface area contributed by atoms with Crippen molar-refractivity contribution < 1.29 is 9.21 Å². The Morgan fingerprint density at radius 2 is 1.97 bits per heavy atom. The SMILES string of the molecule is CN=C(NCc1ccc(NC(=O)c2ccco2)cc1)N(C)CCc1cccs1.I. The van der Waals surface area contributed by atoms with E-state index in [2.05, 4.69) is 38.0 Å². The first kappa shape index (κ1) is 23.0. The van der Waals surface area contributed by atoms with Crippen LogP contribution in [-0.2, 0) is 13.0 Å². The number of anilines is 1. The summed E-state index contributed by atoms with van der Waals surface area (Å²) in [6, 6.07) is 15.3. The number of halogens is 1. The van der Waals surface area contributed by atoms with Gasteiger partial charge in [0, 0.05) is 37.7 Å². The molecule has 3 rings (SSSR count). The molecule has 0 atom stereocenters. The highest BCUT2D eigenvalue weighted by Gasteiger charge is 2.09. The van der Waals surface area contributed by atoms with E-state index in [1.165, 1.54) is 11.1 Å². The zero-order valence-corrected chi connectivity index (χ0v) is 19.6. The predicted octanol–water partition coefficient (Wildman–Crippen LogP) is 4.46. The number of rotatable bonds is 7. The molecule has 1 aromatic carbocycles. The summed E-state index contributed by atoms with van der Waals surface area (Å²) in [5.41, 5.74) is 1.83. The van der Waals surface area contributed by atoms with E-state index in [9.17, 15) is 4.79 Å². The lowest BCUT2D eigenvalue weighted by Crippen LogP contribution is -2.39. The molecule has 0 saturated heterocycles. The number of guanidine groups is 1. The molecule has 2 N–H and O–H groups in total. The van der Waals surface area contributed by atoms with Crippen LogP contribution < -0.4 is 10.6 Å². The van der Waals surface area contributed by atoms with Crippen LogP contribution in [0.1, 0.15) is 21.0 Å². The largest absolute Gasteiger partial charge is 0.459 e. The number of thiophene rings is 1. The van der Waals surface area contributed by atoms with Gasteiger partial charge in [-0.2, -0.15) is 0 Å². The molecule has 0 saturated carbocycles. The second kappa shape index (κ2) is 11.6. The number of aliphatic imine (C=N–C) groups is 1. The molecule has 3 aromatic rings. The molecule has 1 amide bonds. The van der Waals surface area contributed by atoms with Gasteiger partial charge in [0.05, 0.1) is 6.26 Å². The van der Waals surface area contributed by atoms with E-state index in [0.717, 1.165) is 30.2 Å². The highest BCUT2D eigenvalue weighted by molar-refractivity contribution is 14.0. The topological polar surface area (TPSA) is 69.9 Å². The number of hydrogen-bond acceptors (Lipinski definition) is 4. The number of hydrogen-bond donors (Lipinski definition) is 2. The molecule has 0 bridgehead atoms. The van der Waals surface area contributed by atoms with Crippen molar-refractivity contribution in [3.63, 3.8) is 0 Å². The maximum absolute atomic E-state index is 12.0. The van der Waals surface area contributed by atoms with E-state index in [-0.39, 0.29) is 29.9 Å². The van der Waals surface area contributed by atoms with Crippen molar-refractivity contribution in [3.05, 3.63) is 76.4 Å². The predicted molar refractivity (Wildman–Crippen MR) is 129 cm³/mol. The minimum Gasteiger partial charge on any atom is -0.459 e. The lowest BCUT2D eigenvalue weighted by atomic mass is 10.2. The number of likely N-dealkylation sites (N-methyl/N-ethyl adjacent to an activating group) is 1. The molecule has 154 valence electrons. The minimum absolute atomic E-state index is 0. The Kier molecular flexibility index (Phi) is 9.20. The van der Waals surface area contributed by atoms with Gasteiger partial charge in [-0.05, 0) is 47.7 Å². The second-order valence-electron chi connectivity index (χ2n) is 6.28. The van der Waals surface area contributed by atoms with Gasteiger partial charge in [-0.15, -0.1) is 35.3 Å². The van der Waals surface area contributed by atoms with Crippen molar-refractivity contribution in [2.75, 3.05) is 26.0 Å². The summed E-state index contributed by atoms with van der Waals surface area (Å²) < 4.78 is 5.10. The smallest absolute Gasteiger partial charge is 0.291 e. The maximum Gasteiger partial charge on any atom is 0.291 e. The van der Waals surface area contributed by atoms with E-state index >= 15 is 0 Å². The molecule has 2 heterocycles. The molecule has 0 radical (unpaired) electrons. The Morgan fingerprint density at radius 3 is 2.59 bits per heavy atom. The van der Waals surface area contributed by atoms with E-state index in [1.54, 1.807) is 30.5 Å². The third kappa shape index (κ3) is 6.90. The minimum atomic E-state index is -0.261. The van der Waals surface area contributed by atoms with E-state index in [4.69, 9.17) is 4.42 Å². The number of carbonyl (C=O) groups is 1. The molecular weight excluding hydrogens is 499 g/mol. The zero-order chi connectivity index (χ0) is 19.8. The van der Waals surface area contributed by atoms with Crippen molar-refractivity contribution in [2.45, 2.75) is 13.0 Å². The fraction of sp³-hybridized carbons (Fsp3) is 0.238. The first-order chi connectivity index (χ1) is 13.7. The molecule has 0 spiro atoms. The van der Waals surface area contributed by atoms with E-state index < -0.39 is 0 Å². The summed E-state index contributed by atoms with van der Waals surface area (Å²) in [5, 5.41) is 8.29. The third-order valence-electron chi connectivity index (χ3n) is 4.25. The van der Waals surface area contributed by atoms with Gasteiger partial charge >= 0.3 is 0 Å². The van der Waals surface area contributed by atoms with Crippen molar-refractivity contribution in [1.29, 1.82) is 0 Å². The highest BCUT2D eigenvalue weighted by atomic mass is 127. The van der Waals surface area contributed by atoms with Crippen LogP contribution in [0.4, 0.5) is 5.69 Å². The van der Waals surface area contributed by atoms with Crippen molar-refractivity contribution in [1.82, 2.24) is 10.2 Å². The fourth-order valence-corrected chi connectivity index (χ4v) is 3.41. The number of nitrogens with zero attached hydrogens (tertiary/aromatic N) is 2. The molecule has 6 nitrogen and oxygen atoms in total. The van der Waals surface area contributed by atoms with Crippen LogP contribution >= 0.6 is 35.3 Å². The normalized spacial score (nSPS) is 10.9. The highest BCUT2D eigenvalue weighted by Crippen LogP contribution is 2.12. The Labute approximate surface area is 192 Å². The Bertz CT molecular complexity index is 893. The van der Waals surface area contributed by atoms with E-state index in [0.29, 0.717) is 12.3 Å². The molecule has 0 fully saturated rings. The molecule has 8 heteroatoms. The summed E-state index contributed by atoms with van der Waals surface area (Å²) in [4.78, 5) is 19.8. The van der Waals surface area contributed by atoms with Crippen LogP contribution in [-0.4, -0.2) is 37.4 Å². The first-order valence-corrected chi connectivity index (χ1v) is 9.91. The number of furan rings is 1. The van der Waals surface area contributed by atoms with Crippen molar-refractivity contribution in [2.24, 2.45) is 4.99 Å². The Balaban J connectivity index is 0.00000300. The summed E-state index contributed by atoms with van der Waals surface area (Å²) in [6.07, 6.45) is 2.48. The zero-order valence-electron chi connectivity index (χ0n) is 16.4. The summed E-state index contributed by atoms with van der Waals surface area (Å²) in [7, 11) is 3.83. The number of amides is 1. The van der Waals surface area contributed by atoms with Crippen LogP contribution in [0.25, 0.3) is 0 Å². The van der Waals surface area contributed by atoms with Gasteiger partial charge in [0.25, 0.3) is 5.91 Å². The van der Waals surface area contributed by atoms with Crippen molar-refractivity contribution >= 4 is 52.9 Å². The van der Waals surface area contributed by atoms with Crippen LogP contribution in [0.2, 0.25) is 0 Å². The summed E-state index contributed by atoms with van der Waals surface area (Å²) in [5.74, 6) is 0.885. The molecular formula is C21H25IN4O2S. The van der Waals surface area contributed by atoms with Gasteiger partial charge in [0.2, 0.25) is 0 Å². The van der Waals surface area contributed by atoms with E-state index in [1.807, 2.05) is 31.3 Å². The first-order valence-electron chi connectivity index (χ1n) is 9.03. The standard InChI is InChI=1S/C21H24N4O2S.HI/c1-22-21(25(2)12-11-18-5-4-14-28-18)23-15-16-7-9-17(10-8-16)24-20(26)19-6-3-13-27-19;/h3-10,13-14H,11-12,15H2,1-2H3,(H,22,23)(H,24,26);1H. The molecule has 0 unspecified atom stereocenters. The monoisotopic (exact) mass is 524 g/mol. The van der Waals surface area contributed by atoms with Gasteiger partial charge in [-0.25, -0.2) is 0 Å². The summed E-state index contributed by atoms with van der Waals surface area (Å²) in [6.45, 7) is 1.56. The second-order valence-corrected chi connectivity index (χ2v) is 7.31. The molecule has 0 aliphatic carbocycles. The van der Waals surface area contributed by atoms with Crippen LogP contribution in [0.15, 0.2) is 69.6 Å². The third-order valence-corrected chi connectivity index (χ3v) is 5.19. The van der Waals surface area contributed by atoms with Crippen LogP contribution in [0, 0.1) is 0 Å². The maximum atomic E-state index is 12.0. The quantitative estimate of drug-likeness (QED) is 0.272. The summed E-state index contributed by atoms with van der Waals surface area (Å²) >= 11 is 1.78. The number of benzene rings is 1. The van der Waals surface area contributed by atoms with Gasteiger partial charge in [-0.3, -0.25) is 9.79 Å². The van der Waals surface area contributed by atoms with Gasteiger partial charge in [0.1, 0.15) is 0 Å². The Morgan fingerprint density at radius 1 is 1.17 bits per heavy atom. The van der Waals surface area contributed by atoms with Gasteiger partial charge < -0.3 is 20.0 Å². The van der Waals surface area contributed by atoms with Crippen LogP contribution in [0.3, 0.4) is 0 Å². The fourth-order valence-electron chi connectivity index (χ4n) is 2.71. The number of carbonyl (C=O) groups excluding carboxylic acids is 1. The molecule has 0 aliphatic rings. The molecule has 2 aromatic heterocycles. The average molecular weight is 524 g/mol. The number of nitrogens with one attached hydrogen (secondary N) is 2. The Hall–Kier alpha value is -2.33. The lowest BCUT2D eigenvalue weighted by molar-refractivity contribution is 0.0996. The lowest BCUT2D eigenvalue weighted by Gasteiger charge is -2.22. The average Bonchev–Trinajstić information content (AvgIpc) is 3.42. The van der Waals surface area contributed by atoms with Gasteiger partial charge in [0.15, 0.2) is 11.7 Å². The van der Waals surface area contributed by atoms with Crippen LogP contribution in [0.5, 0.6) is 0 Å². The molecule has 29 heavy (non-hydrogen) atoms. The molecule has 0 aliphatic heterocycles.